The molecule has 0 radical (unpaired) electrons. The minimum absolute atomic E-state index is 0.0765. The molecule has 3 rings (SSSR count). The van der Waals surface area contributed by atoms with Crippen LogP contribution in [0.3, 0.4) is 0 Å². The Bertz CT molecular complexity index is 667. The Kier molecular flexibility index (Phi) is 6.83. The normalized spacial score (nSPS) is 21.8. The number of amides is 2. The first-order chi connectivity index (χ1) is 13.1. The lowest BCUT2D eigenvalue weighted by atomic mass is 9.96. The molecule has 2 aliphatic rings. The summed E-state index contributed by atoms with van der Waals surface area (Å²) in [4.78, 5) is 31.0. The zero-order chi connectivity index (χ0) is 19.2. The molecule has 2 amide bonds. The Morgan fingerprint density at radius 1 is 1.04 bits per heavy atom. The van der Waals surface area contributed by atoms with Crippen molar-refractivity contribution in [2.45, 2.75) is 39.2 Å². The number of piperidine rings is 1. The number of rotatable bonds is 4. The fourth-order valence-electron chi connectivity index (χ4n) is 4.10. The van der Waals surface area contributed by atoms with Gasteiger partial charge in [0.05, 0.1) is 5.92 Å². The largest absolute Gasteiger partial charge is 0.342 e. The third-order valence-electron chi connectivity index (χ3n) is 5.68. The Balaban J connectivity index is 1.55. The van der Waals surface area contributed by atoms with Gasteiger partial charge in [0, 0.05) is 57.8 Å². The van der Waals surface area contributed by atoms with Crippen molar-refractivity contribution in [3.63, 3.8) is 0 Å². The summed E-state index contributed by atoms with van der Waals surface area (Å²) in [6.07, 6.45) is 3.15. The fraction of sp³-hybridized carbons (Fsp3) is 0.619. The minimum Gasteiger partial charge on any atom is -0.342 e. The highest BCUT2D eigenvalue weighted by atomic mass is 19.1. The van der Waals surface area contributed by atoms with Crippen LogP contribution >= 0.6 is 0 Å². The van der Waals surface area contributed by atoms with E-state index in [9.17, 15) is 14.0 Å². The smallest absolute Gasteiger partial charge is 0.227 e. The topological polar surface area (TPSA) is 43.9 Å². The van der Waals surface area contributed by atoms with Crippen LogP contribution < -0.4 is 0 Å². The Labute approximate surface area is 161 Å². The van der Waals surface area contributed by atoms with Crippen molar-refractivity contribution < 1.29 is 14.0 Å². The number of carbonyl (C=O) groups is 2. The molecule has 2 saturated heterocycles. The van der Waals surface area contributed by atoms with Crippen LogP contribution in [0.25, 0.3) is 0 Å². The zero-order valence-corrected chi connectivity index (χ0v) is 16.2. The number of benzene rings is 1. The molecule has 6 heteroatoms. The van der Waals surface area contributed by atoms with Crippen LogP contribution in [0.2, 0.25) is 0 Å². The second-order valence-electron chi connectivity index (χ2n) is 7.58. The first-order valence-electron chi connectivity index (χ1n) is 10.1. The van der Waals surface area contributed by atoms with E-state index in [1.54, 1.807) is 6.07 Å². The molecule has 5 nitrogen and oxygen atoms in total. The van der Waals surface area contributed by atoms with Gasteiger partial charge in [-0.1, -0.05) is 25.1 Å². The van der Waals surface area contributed by atoms with Crippen LogP contribution in [0.4, 0.5) is 4.39 Å². The molecule has 2 fully saturated rings. The van der Waals surface area contributed by atoms with E-state index < -0.39 is 0 Å². The average molecular weight is 375 g/mol. The molecule has 2 aliphatic heterocycles. The van der Waals surface area contributed by atoms with Gasteiger partial charge in [0.15, 0.2) is 0 Å². The number of carbonyl (C=O) groups excluding carboxylic acids is 2. The quantitative estimate of drug-likeness (QED) is 0.812. The molecule has 0 aliphatic carbocycles. The van der Waals surface area contributed by atoms with Gasteiger partial charge in [-0.25, -0.2) is 4.39 Å². The van der Waals surface area contributed by atoms with Gasteiger partial charge in [0.2, 0.25) is 11.8 Å². The molecule has 27 heavy (non-hydrogen) atoms. The van der Waals surface area contributed by atoms with Gasteiger partial charge >= 0.3 is 0 Å². The van der Waals surface area contributed by atoms with Crippen LogP contribution in [0.5, 0.6) is 0 Å². The SMILES string of the molecule is CCC(=O)N1CCCC(C(=O)N2CCCN(Cc3ccccc3F)CC2)C1. The number of hydrogen-bond acceptors (Lipinski definition) is 3. The third-order valence-corrected chi connectivity index (χ3v) is 5.68. The van der Waals surface area contributed by atoms with Crippen molar-refractivity contribution in [1.29, 1.82) is 0 Å². The first kappa shape index (κ1) is 19.8. The molecule has 148 valence electrons. The summed E-state index contributed by atoms with van der Waals surface area (Å²) in [5.74, 6) is 0.0701. The molecule has 0 N–H and O–H groups in total. The molecule has 1 aromatic carbocycles. The lowest BCUT2D eigenvalue weighted by Crippen LogP contribution is -2.47. The highest BCUT2D eigenvalue weighted by Gasteiger charge is 2.31. The lowest BCUT2D eigenvalue weighted by molar-refractivity contribution is -0.140. The van der Waals surface area contributed by atoms with Crippen molar-refractivity contribution >= 4 is 11.8 Å². The maximum atomic E-state index is 13.9. The van der Waals surface area contributed by atoms with Crippen molar-refractivity contribution in [3.8, 4) is 0 Å². The van der Waals surface area contributed by atoms with Gasteiger partial charge < -0.3 is 9.80 Å². The van der Waals surface area contributed by atoms with Crippen molar-refractivity contribution in [3.05, 3.63) is 35.6 Å². The van der Waals surface area contributed by atoms with E-state index in [1.807, 2.05) is 28.9 Å². The predicted molar refractivity (Wildman–Crippen MR) is 102 cm³/mol. The molecule has 1 unspecified atom stereocenters. The molecule has 0 aromatic heterocycles. The number of halogens is 1. The number of likely N-dealkylation sites (tertiary alicyclic amines) is 1. The van der Waals surface area contributed by atoms with Gasteiger partial charge in [-0.05, 0) is 25.3 Å². The fourth-order valence-corrected chi connectivity index (χ4v) is 4.10. The van der Waals surface area contributed by atoms with Gasteiger partial charge in [0.1, 0.15) is 5.82 Å². The van der Waals surface area contributed by atoms with Crippen LogP contribution in [0, 0.1) is 11.7 Å². The molecule has 0 bridgehead atoms. The second kappa shape index (κ2) is 9.31. The number of nitrogens with zero attached hydrogens (tertiary/aromatic N) is 3. The Hall–Kier alpha value is -1.95. The standard InChI is InChI=1S/C21H30FN3O2/c1-2-20(26)25-11-5-8-18(16-25)21(27)24-12-6-10-23(13-14-24)15-17-7-3-4-9-19(17)22/h3-4,7,9,18H,2,5-6,8,10-16H2,1H3. The maximum absolute atomic E-state index is 13.9. The van der Waals surface area contributed by atoms with Crippen LogP contribution in [0.1, 0.15) is 38.2 Å². The van der Waals surface area contributed by atoms with E-state index in [2.05, 4.69) is 4.90 Å². The Morgan fingerprint density at radius 2 is 1.81 bits per heavy atom. The molecule has 1 atom stereocenters. The van der Waals surface area contributed by atoms with Crippen LogP contribution in [-0.2, 0) is 16.1 Å². The Morgan fingerprint density at radius 3 is 2.59 bits per heavy atom. The lowest BCUT2D eigenvalue weighted by Gasteiger charge is -2.34. The summed E-state index contributed by atoms with van der Waals surface area (Å²) >= 11 is 0. The summed E-state index contributed by atoms with van der Waals surface area (Å²) in [6.45, 7) is 6.81. The highest BCUT2D eigenvalue weighted by molar-refractivity contribution is 5.81. The monoisotopic (exact) mass is 375 g/mol. The van der Waals surface area contributed by atoms with Crippen LogP contribution in [-0.4, -0.2) is 65.8 Å². The van der Waals surface area contributed by atoms with Crippen molar-refractivity contribution in [1.82, 2.24) is 14.7 Å². The summed E-state index contributed by atoms with van der Waals surface area (Å²) in [6, 6.07) is 6.89. The zero-order valence-electron chi connectivity index (χ0n) is 16.2. The second-order valence-corrected chi connectivity index (χ2v) is 7.58. The first-order valence-corrected chi connectivity index (χ1v) is 10.1. The summed E-state index contributed by atoms with van der Waals surface area (Å²) < 4.78 is 13.9. The van der Waals surface area contributed by atoms with Crippen LogP contribution in [0.15, 0.2) is 24.3 Å². The molecule has 0 saturated carbocycles. The maximum Gasteiger partial charge on any atom is 0.227 e. The summed E-state index contributed by atoms with van der Waals surface area (Å²) in [7, 11) is 0. The molecule has 1 aromatic rings. The minimum atomic E-state index is -0.169. The van der Waals surface area contributed by atoms with E-state index in [-0.39, 0.29) is 23.5 Å². The van der Waals surface area contributed by atoms with Gasteiger partial charge in [-0.15, -0.1) is 0 Å². The molecular weight excluding hydrogens is 345 g/mol. The number of hydrogen-bond donors (Lipinski definition) is 0. The molecular formula is C21H30FN3O2. The van der Waals surface area contributed by atoms with E-state index in [1.165, 1.54) is 6.07 Å². The van der Waals surface area contributed by atoms with E-state index >= 15 is 0 Å². The van der Waals surface area contributed by atoms with Gasteiger partial charge in [-0.2, -0.15) is 0 Å². The summed E-state index contributed by atoms with van der Waals surface area (Å²) in [5.41, 5.74) is 0.707. The van der Waals surface area contributed by atoms with E-state index in [4.69, 9.17) is 0 Å². The highest BCUT2D eigenvalue weighted by Crippen LogP contribution is 2.21. The van der Waals surface area contributed by atoms with E-state index in [0.717, 1.165) is 45.4 Å². The van der Waals surface area contributed by atoms with Gasteiger partial charge in [0.25, 0.3) is 0 Å². The molecule has 2 heterocycles. The van der Waals surface area contributed by atoms with Gasteiger partial charge in [-0.3, -0.25) is 14.5 Å². The van der Waals surface area contributed by atoms with Crippen molar-refractivity contribution in [2.75, 3.05) is 39.3 Å². The third kappa shape index (κ3) is 5.06. The van der Waals surface area contributed by atoms with E-state index in [0.29, 0.717) is 31.6 Å². The predicted octanol–water partition coefficient (Wildman–Crippen LogP) is 2.51. The summed E-state index contributed by atoms with van der Waals surface area (Å²) in [5, 5.41) is 0. The average Bonchev–Trinajstić information content (AvgIpc) is 2.94. The van der Waals surface area contributed by atoms with Crippen molar-refractivity contribution in [2.24, 2.45) is 5.92 Å². The molecule has 0 spiro atoms.